The number of aliphatic hydroxyl groups is 8. The number of fused-ring (bicyclic) bond motifs is 1. The number of hydrogen-bond donors (Lipinski definition) is 11. The Kier molecular flexibility index (Phi) is 8.50. The summed E-state index contributed by atoms with van der Waals surface area (Å²) < 4.78 is 28.2. The summed E-state index contributed by atoms with van der Waals surface area (Å²) in [7, 11) is 0. The lowest BCUT2D eigenvalue weighted by Gasteiger charge is -2.42. The molecule has 0 aromatic heterocycles. The molecule has 5 rings (SSSR count). The van der Waals surface area contributed by atoms with E-state index in [1.54, 1.807) is 0 Å². The Bertz CT molecular complexity index is 1330. The molecule has 2 saturated heterocycles. The molecule has 1 aliphatic carbocycles. The smallest absolute Gasteiger partial charge is 0.229 e. The van der Waals surface area contributed by atoms with Gasteiger partial charge in [0, 0.05) is 23.3 Å². The molecule has 43 heavy (non-hydrogen) atoms. The van der Waals surface area contributed by atoms with Crippen LogP contribution in [-0.4, -0.2) is 130 Å². The average molecular weight is 613 g/mol. The van der Waals surface area contributed by atoms with Gasteiger partial charge in [-0.3, -0.25) is 0 Å². The monoisotopic (exact) mass is 612 g/mol. The molecular weight excluding hydrogens is 580 g/mol. The molecule has 0 amide bonds. The maximum absolute atomic E-state index is 10.7. The van der Waals surface area contributed by atoms with Crippen molar-refractivity contribution in [3.8, 4) is 17.2 Å². The summed E-state index contributed by atoms with van der Waals surface area (Å²) in [5.74, 6) is -3.49. The van der Waals surface area contributed by atoms with Crippen molar-refractivity contribution >= 4 is 5.76 Å². The molecule has 1 aromatic carbocycles. The summed E-state index contributed by atoms with van der Waals surface area (Å²) in [6.45, 7) is 0.883. The molecule has 1 aromatic rings. The van der Waals surface area contributed by atoms with E-state index in [4.69, 9.17) is 23.7 Å². The molecule has 0 bridgehead atoms. The van der Waals surface area contributed by atoms with Crippen molar-refractivity contribution in [2.75, 3.05) is 6.61 Å². The second-order valence-electron chi connectivity index (χ2n) is 10.5. The van der Waals surface area contributed by atoms with Crippen LogP contribution in [0.1, 0.15) is 12.5 Å². The molecule has 11 unspecified atom stereocenters. The van der Waals surface area contributed by atoms with Gasteiger partial charge in [-0.25, -0.2) is 0 Å². The lowest BCUT2D eigenvalue weighted by atomic mass is 9.96. The molecule has 11 atom stereocenters. The van der Waals surface area contributed by atoms with Crippen LogP contribution in [0.4, 0.5) is 0 Å². The maximum Gasteiger partial charge on any atom is 0.229 e. The van der Waals surface area contributed by atoms with Gasteiger partial charge >= 0.3 is 0 Å². The number of phenols is 3. The fourth-order valence-electron chi connectivity index (χ4n) is 4.96. The minimum absolute atomic E-state index is 0.0518. The van der Waals surface area contributed by atoms with E-state index in [0.29, 0.717) is 0 Å². The summed E-state index contributed by atoms with van der Waals surface area (Å²) in [5, 5.41) is 112. The van der Waals surface area contributed by atoms with Crippen molar-refractivity contribution in [2.45, 2.75) is 74.4 Å². The van der Waals surface area contributed by atoms with Gasteiger partial charge in [0.1, 0.15) is 60.4 Å². The third kappa shape index (κ3) is 5.84. The number of phenolic OH excluding ortho intramolecular Hbond substituents is 3. The maximum atomic E-state index is 10.7. The van der Waals surface area contributed by atoms with E-state index in [2.05, 4.69) is 0 Å². The Balaban J connectivity index is 1.42. The summed E-state index contributed by atoms with van der Waals surface area (Å²) in [6, 6.07) is 2.04. The van der Waals surface area contributed by atoms with Crippen molar-refractivity contribution < 1.29 is 79.9 Å². The van der Waals surface area contributed by atoms with E-state index in [1.807, 2.05) is 0 Å². The second kappa shape index (κ2) is 11.8. The van der Waals surface area contributed by atoms with Crippen molar-refractivity contribution in [3.63, 3.8) is 0 Å². The zero-order chi connectivity index (χ0) is 31.3. The predicted molar refractivity (Wildman–Crippen MR) is 139 cm³/mol. The van der Waals surface area contributed by atoms with Crippen LogP contribution < -0.4 is 0 Å². The Morgan fingerprint density at radius 3 is 2.05 bits per heavy atom. The van der Waals surface area contributed by atoms with E-state index >= 15 is 0 Å². The van der Waals surface area contributed by atoms with Crippen LogP contribution in [0.25, 0.3) is 5.76 Å². The highest BCUT2D eigenvalue weighted by Gasteiger charge is 2.48. The third-order valence-corrected chi connectivity index (χ3v) is 7.44. The Morgan fingerprint density at radius 1 is 0.744 bits per heavy atom. The minimum Gasteiger partial charge on any atom is -0.508 e. The quantitative estimate of drug-likeness (QED) is 0.161. The van der Waals surface area contributed by atoms with E-state index in [9.17, 15) is 56.2 Å². The summed E-state index contributed by atoms with van der Waals surface area (Å²) >= 11 is 0. The van der Waals surface area contributed by atoms with Gasteiger partial charge in [0.25, 0.3) is 0 Å². The number of benzene rings is 1. The predicted octanol–water partition coefficient (Wildman–Crippen LogP) is -1.64. The topological polar surface area (TPSA) is 269 Å². The summed E-state index contributed by atoms with van der Waals surface area (Å²) in [5.41, 5.74) is 0.0388. The first-order valence-electron chi connectivity index (χ1n) is 13.1. The molecule has 236 valence electrons. The second-order valence-corrected chi connectivity index (χ2v) is 10.5. The number of hydrogen-bond acceptors (Lipinski definition) is 16. The zero-order valence-electron chi connectivity index (χ0n) is 22.4. The lowest BCUT2D eigenvalue weighted by Crippen LogP contribution is -2.61. The van der Waals surface area contributed by atoms with Gasteiger partial charge in [-0.15, -0.1) is 0 Å². The van der Waals surface area contributed by atoms with Crippen LogP contribution in [0.2, 0.25) is 0 Å². The largest absolute Gasteiger partial charge is 0.508 e. The van der Waals surface area contributed by atoms with Gasteiger partial charge in [-0.05, 0) is 25.1 Å². The van der Waals surface area contributed by atoms with Crippen LogP contribution in [0.3, 0.4) is 0 Å². The van der Waals surface area contributed by atoms with Gasteiger partial charge in [-0.1, -0.05) is 0 Å². The fourth-order valence-corrected chi connectivity index (χ4v) is 4.96. The van der Waals surface area contributed by atoms with E-state index in [1.165, 1.54) is 19.1 Å². The van der Waals surface area contributed by atoms with Crippen molar-refractivity contribution in [1.82, 2.24) is 0 Å². The average Bonchev–Trinajstić information content (AvgIpc) is 2.96. The first-order valence-corrected chi connectivity index (χ1v) is 13.1. The Morgan fingerprint density at radius 2 is 1.37 bits per heavy atom. The zero-order valence-corrected chi connectivity index (χ0v) is 22.4. The molecule has 0 radical (unpaired) electrons. The van der Waals surface area contributed by atoms with Crippen LogP contribution in [-0.2, 0) is 23.7 Å². The number of allylic oxidation sites excluding steroid dienone is 2. The number of aromatic hydroxyl groups is 3. The highest BCUT2D eigenvalue weighted by atomic mass is 16.7. The van der Waals surface area contributed by atoms with Gasteiger partial charge in [0.2, 0.25) is 6.29 Å². The van der Waals surface area contributed by atoms with Crippen LogP contribution in [0.15, 0.2) is 53.2 Å². The Hall–Kier alpha value is -3.58. The molecular formula is C27H32O16. The fraction of sp³-hybridized carbons (Fsp3) is 0.481. The SMILES string of the molecule is CC1OC(OCC2OC(OC3=C(c4cc(O)c(O)c(O)c4)OC4C=C(O)C=C(O)C4=C3)C(O)C(O)C2O)C(O)C(O)C1O. The van der Waals surface area contributed by atoms with E-state index in [-0.39, 0.29) is 28.4 Å². The van der Waals surface area contributed by atoms with E-state index in [0.717, 1.165) is 18.2 Å². The number of aliphatic hydroxyl groups excluding tert-OH is 8. The van der Waals surface area contributed by atoms with Crippen LogP contribution >= 0.6 is 0 Å². The van der Waals surface area contributed by atoms with Crippen LogP contribution in [0, 0.1) is 0 Å². The molecule has 11 N–H and O–H groups in total. The first kappa shape index (κ1) is 30.9. The first-order chi connectivity index (χ1) is 20.3. The molecule has 2 fully saturated rings. The standard InChI is InChI=1S/C27H32O16/c1-8-18(32)21(35)23(37)26(40-8)39-7-17-20(34)22(36)24(38)27(43-17)42-16-6-11-12(29)4-10(28)5-15(11)41-25(16)9-2-13(30)19(33)14(31)3-9/h2-6,8,15,17-18,20-24,26-38H,7H2,1H3. The summed E-state index contributed by atoms with van der Waals surface area (Å²) in [6.07, 6.45) is -13.2. The molecule has 3 heterocycles. The van der Waals surface area contributed by atoms with Crippen LogP contribution in [0.5, 0.6) is 17.2 Å². The number of rotatable bonds is 6. The Labute approximate surface area is 243 Å². The molecule has 3 aliphatic heterocycles. The highest BCUT2D eigenvalue weighted by molar-refractivity contribution is 5.72. The molecule has 0 saturated carbocycles. The number of ether oxygens (including phenoxy) is 5. The van der Waals surface area contributed by atoms with Gasteiger partial charge < -0.3 is 79.9 Å². The third-order valence-electron chi connectivity index (χ3n) is 7.44. The van der Waals surface area contributed by atoms with Crippen molar-refractivity contribution in [3.05, 3.63) is 58.8 Å². The minimum atomic E-state index is -1.87. The van der Waals surface area contributed by atoms with Gasteiger partial charge in [0.05, 0.1) is 12.7 Å². The highest BCUT2D eigenvalue weighted by Crippen LogP contribution is 2.42. The molecule has 4 aliphatic rings. The normalized spacial score (nSPS) is 37.9. The lowest BCUT2D eigenvalue weighted by molar-refractivity contribution is -0.323. The van der Waals surface area contributed by atoms with Gasteiger partial charge in [0.15, 0.2) is 35.1 Å². The molecule has 16 nitrogen and oxygen atoms in total. The summed E-state index contributed by atoms with van der Waals surface area (Å²) in [4.78, 5) is 0. The van der Waals surface area contributed by atoms with E-state index < -0.39 is 97.1 Å². The molecule has 0 spiro atoms. The van der Waals surface area contributed by atoms with Crippen molar-refractivity contribution in [1.29, 1.82) is 0 Å². The molecule has 16 heteroatoms. The van der Waals surface area contributed by atoms with Gasteiger partial charge in [-0.2, -0.15) is 0 Å². The van der Waals surface area contributed by atoms with Crippen molar-refractivity contribution in [2.24, 2.45) is 0 Å².